The number of aromatic amines is 1. The van der Waals surface area contributed by atoms with Crippen molar-refractivity contribution >= 4 is 10.0 Å². The Morgan fingerprint density at radius 1 is 1.44 bits per heavy atom. The van der Waals surface area contributed by atoms with E-state index in [4.69, 9.17) is 5.26 Å². The van der Waals surface area contributed by atoms with Crippen molar-refractivity contribution in [3.63, 3.8) is 0 Å². The summed E-state index contributed by atoms with van der Waals surface area (Å²) >= 11 is 0. The minimum atomic E-state index is -3.66. The fourth-order valence-electron chi connectivity index (χ4n) is 1.30. The molecule has 0 aliphatic carbocycles. The molecule has 2 N–H and O–H groups in total. The number of nitrogens with zero attached hydrogens (tertiary/aromatic N) is 3. The summed E-state index contributed by atoms with van der Waals surface area (Å²) in [7, 11) is -3.66. The van der Waals surface area contributed by atoms with E-state index in [0.29, 0.717) is 5.82 Å². The number of H-pyrrole nitrogens is 1. The molecule has 18 heavy (non-hydrogen) atoms. The summed E-state index contributed by atoms with van der Waals surface area (Å²) in [6.07, 6.45) is 1.29. The Hall–Kier alpha value is -2.24. The van der Waals surface area contributed by atoms with Crippen molar-refractivity contribution in [2.45, 2.75) is 11.4 Å². The molecule has 1 heterocycles. The van der Waals surface area contributed by atoms with Gasteiger partial charge in [-0.25, -0.2) is 18.1 Å². The quantitative estimate of drug-likeness (QED) is 0.815. The van der Waals surface area contributed by atoms with Gasteiger partial charge < -0.3 is 0 Å². The van der Waals surface area contributed by atoms with Crippen molar-refractivity contribution < 1.29 is 8.42 Å². The third-order valence-electron chi connectivity index (χ3n) is 2.17. The smallest absolute Gasteiger partial charge is 0.241 e. The molecular weight excluding hydrogens is 254 g/mol. The summed E-state index contributed by atoms with van der Waals surface area (Å²) in [5.74, 6) is 0.412. The minimum Gasteiger partial charge on any atom is -0.262 e. The lowest BCUT2D eigenvalue weighted by atomic mass is 10.2. The molecule has 0 bridgehead atoms. The van der Waals surface area contributed by atoms with Gasteiger partial charge in [0.25, 0.3) is 0 Å². The van der Waals surface area contributed by atoms with E-state index in [1.165, 1.54) is 30.6 Å². The van der Waals surface area contributed by atoms with Crippen molar-refractivity contribution in [1.82, 2.24) is 19.9 Å². The lowest BCUT2D eigenvalue weighted by Crippen LogP contribution is -2.23. The Labute approximate surface area is 104 Å². The molecule has 0 atom stereocenters. The van der Waals surface area contributed by atoms with Crippen molar-refractivity contribution in [2.75, 3.05) is 0 Å². The number of nitriles is 1. The van der Waals surface area contributed by atoms with Gasteiger partial charge in [0.2, 0.25) is 10.0 Å². The molecule has 1 aromatic heterocycles. The third kappa shape index (κ3) is 2.71. The van der Waals surface area contributed by atoms with Crippen LogP contribution in [0.2, 0.25) is 0 Å². The third-order valence-corrected chi connectivity index (χ3v) is 3.57. The van der Waals surface area contributed by atoms with Gasteiger partial charge >= 0.3 is 0 Å². The van der Waals surface area contributed by atoms with Gasteiger partial charge in [-0.15, -0.1) is 0 Å². The van der Waals surface area contributed by atoms with Crippen LogP contribution in [-0.4, -0.2) is 23.6 Å². The minimum absolute atomic E-state index is 0.0130. The summed E-state index contributed by atoms with van der Waals surface area (Å²) in [6, 6.07) is 7.67. The van der Waals surface area contributed by atoms with E-state index >= 15 is 0 Å². The predicted molar refractivity (Wildman–Crippen MR) is 61.6 cm³/mol. The van der Waals surface area contributed by atoms with Crippen LogP contribution >= 0.6 is 0 Å². The fraction of sp³-hybridized carbons (Fsp3) is 0.100. The number of sulfonamides is 1. The molecule has 0 saturated heterocycles. The number of rotatable bonds is 4. The molecule has 0 aliphatic rings. The molecule has 0 radical (unpaired) electrons. The Morgan fingerprint density at radius 2 is 2.28 bits per heavy atom. The van der Waals surface area contributed by atoms with Crippen molar-refractivity contribution in [3.8, 4) is 6.07 Å². The predicted octanol–water partition coefficient (Wildman–Crippen LogP) is 0.155. The first kappa shape index (κ1) is 12.2. The van der Waals surface area contributed by atoms with Gasteiger partial charge in [0.1, 0.15) is 12.2 Å². The van der Waals surface area contributed by atoms with E-state index in [0.717, 1.165) is 0 Å². The second-order valence-corrected chi connectivity index (χ2v) is 5.16. The first-order valence-corrected chi connectivity index (χ1v) is 6.44. The maximum Gasteiger partial charge on any atom is 0.241 e. The van der Waals surface area contributed by atoms with Crippen molar-refractivity contribution in [2.24, 2.45) is 0 Å². The van der Waals surface area contributed by atoms with E-state index in [-0.39, 0.29) is 17.0 Å². The van der Waals surface area contributed by atoms with Crippen molar-refractivity contribution in [3.05, 3.63) is 42.0 Å². The Bertz CT molecular complexity index is 673. The van der Waals surface area contributed by atoms with Gasteiger partial charge in [-0.1, -0.05) is 6.07 Å². The molecule has 0 saturated carbocycles. The first-order valence-electron chi connectivity index (χ1n) is 4.96. The van der Waals surface area contributed by atoms with Crippen LogP contribution in [0, 0.1) is 11.3 Å². The summed E-state index contributed by atoms with van der Waals surface area (Å²) in [6.45, 7) is 0.0130. The van der Waals surface area contributed by atoms with Crippen LogP contribution in [0.4, 0.5) is 0 Å². The maximum atomic E-state index is 11.9. The lowest BCUT2D eigenvalue weighted by Gasteiger charge is -2.05. The van der Waals surface area contributed by atoms with Crippen LogP contribution in [0.15, 0.2) is 35.5 Å². The summed E-state index contributed by atoms with van der Waals surface area (Å²) < 4.78 is 26.2. The molecule has 1 aromatic carbocycles. The van der Waals surface area contributed by atoms with Crippen molar-refractivity contribution in [1.29, 1.82) is 5.26 Å². The van der Waals surface area contributed by atoms with Gasteiger partial charge in [0.05, 0.1) is 23.1 Å². The number of benzene rings is 1. The molecule has 7 nitrogen and oxygen atoms in total. The van der Waals surface area contributed by atoms with Gasteiger partial charge in [-0.05, 0) is 18.2 Å². The number of aromatic nitrogens is 3. The highest BCUT2D eigenvalue weighted by Gasteiger charge is 2.14. The van der Waals surface area contributed by atoms with Gasteiger partial charge in [-0.3, -0.25) is 5.10 Å². The molecule has 0 amide bonds. The second-order valence-electron chi connectivity index (χ2n) is 3.40. The van der Waals surface area contributed by atoms with Crippen LogP contribution in [0.5, 0.6) is 0 Å². The fourth-order valence-corrected chi connectivity index (χ4v) is 2.33. The average molecular weight is 263 g/mol. The van der Waals surface area contributed by atoms with E-state index in [9.17, 15) is 8.42 Å². The van der Waals surface area contributed by atoms with E-state index in [1.807, 2.05) is 6.07 Å². The summed E-state index contributed by atoms with van der Waals surface area (Å²) in [4.78, 5) is 3.84. The highest BCUT2D eigenvalue weighted by molar-refractivity contribution is 7.89. The molecule has 8 heteroatoms. The zero-order chi connectivity index (χ0) is 13.0. The average Bonchev–Trinajstić information content (AvgIpc) is 2.90. The van der Waals surface area contributed by atoms with Crippen LogP contribution in [0.25, 0.3) is 0 Å². The normalized spacial score (nSPS) is 11.1. The highest BCUT2D eigenvalue weighted by Crippen LogP contribution is 2.10. The molecule has 2 aromatic rings. The van der Waals surface area contributed by atoms with Gasteiger partial charge in [0, 0.05) is 0 Å². The molecule has 0 unspecified atom stereocenters. The zero-order valence-electron chi connectivity index (χ0n) is 9.16. The largest absolute Gasteiger partial charge is 0.262 e. The van der Waals surface area contributed by atoms with Crippen LogP contribution < -0.4 is 4.72 Å². The number of hydrogen-bond acceptors (Lipinski definition) is 5. The maximum absolute atomic E-state index is 11.9. The van der Waals surface area contributed by atoms with Crippen LogP contribution in [-0.2, 0) is 16.6 Å². The SMILES string of the molecule is N#Cc1cccc(S(=O)(=O)NCc2ncn[nH]2)c1. The van der Waals surface area contributed by atoms with E-state index < -0.39 is 10.0 Å². The monoisotopic (exact) mass is 263 g/mol. The molecular formula is C10H9N5O2S. The van der Waals surface area contributed by atoms with E-state index in [1.54, 1.807) is 0 Å². The molecule has 92 valence electrons. The molecule has 0 spiro atoms. The van der Waals surface area contributed by atoms with E-state index in [2.05, 4.69) is 19.9 Å². The van der Waals surface area contributed by atoms with Gasteiger partial charge in [-0.2, -0.15) is 10.4 Å². The molecule has 2 rings (SSSR count). The Balaban J connectivity index is 2.18. The van der Waals surface area contributed by atoms with Gasteiger partial charge in [0.15, 0.2) is 0 Å². The van der Waals surface area contributed by atoms with Crippen LogP contribution in [0.1, 0.15) is 11.4 Å². The summed E-state index contributed by atoms with van der Waals surface area (Å²) in [5.41, 5.74) is 0.289. The zero-order valence-corrected chi connectivity index (χ0v) is 9.98. The molecule has 0 aliphatic heterocycles. The second kappa shape index (κ2) is 4.95. The first-order chi connectivity index (χ1) is 8.62. The summed E-state index contributed by atoms with van der Waals surface area (Å²) in [5, 5.41) is 14.9. The van der Waals surface area contributed by atoms with Crippen LogP contribution in [0.3, 0.4) is 0 Å². The number of hydrogen-bond donors (Lipinski definition) is 2. The highest BCUT2D eigenvalue weighted by atomic mass is 32.2. The lowest BCUT2D eigenvalue weighted by molar-refractivity contribution is 0.579. The Kier molecular flexibility index (Phi) is 3.36. The Morgan fingerprint density at radius 3 is 2.94 bits per heavy atom. The molecule has 0 fully saturated rings. The topological polar surface area (TPSA) is 112 Å². The number of nitrogens with one attached hydrogen (secondary N) is 2. The standard InChI is InChI=1S/C10H9N5O2S/c11-5-8-2-1-3-9(4-8)18(16,17)14-6-10-12-7-13-15-10/h1-4,7,14H,6H2,(H,12,13,15).